The van der Waals surface area contributed by atoms with Crippen LogP contribution in [0.15, 0.2) is 61.2 Å². The monoisotopic (exact) mass is 472 g/mol. The van der Waals surface area contributed by atoms with Crippen LogP contribution in [0.4, 0.5) is 19.0 Å². The van der Waals surface area contributed by atoms with E-state index in [1.165, 1.54) is 42.9 Å². The molecule has 0 bridgehead atoms. The van der Waals surface area contributed by atoms with Crippen molar-refractivity contribution in [2.24, 2.45) is 11.8 Å². The standard InChI is InChI=1S/C24H23F3N4O3/c1-15(17-6-9-24(26,27)20(12-17)16-7-10-31(33)11-8-16)23(32)30-21-4-3-19(14-28-21)34-22-5-2-18(25)13-29-22/h2-5,7-8,10-11,13-15,17,20H,6,9,12H2,1H3,(H,28,30,32)/t15?,17-,20+/m0/s1. The molecule has 0 aromatic carbocycles. The zero-order valence-corrected chi connectivity index (χ0v) is 18.3. The maximum Gasteiger partial charge on any atom is 0.254 e. The van der Waals surface area contributed by atoms with Gasteiger partial charge in [-0.1, -0.05) is 6.92 Å². The summed E-state index contributed by atoms with van der Waals surface area (Å²) in [7, 11) is 0. The lowest BCUT2D eigenvalue weighted by Gasteiger charge is -2.38. The number of halogens is 3. The number of pyridine rings is 3. The lowest BCUT2D eigenvalue weighted by molar-refractivity contribution is -0.605. The van der Waals surface area contributed by atoms with Gasteiger partial charge in [0.1, 0.15) is 17.4 Å². The second-order valence-electron chi connectivity index (χ2n) is 8.41. The number of carbonyl (C=O) groups excluding carboxylic acids is 1. The molecule has 3 heterocycles. The highest BCUT2D eigenvalue weighted by Gasteiger charge is 2.47. The first-order valence-electron chi connectivity index (χ1n) is 10.8. The third-order valence-electron chi connectivity index (χ3n) is 6.16. The summed E-state index contributed by atoms with van der Waals surface area (Å²) < 4.78 is 48.2. The van der Waals surface area contributed by atoms with E-state index in [0.29, 0.717) is 16.0 Å². The Bertz CT molecular complexity index is 1130. The van der Waals surface area contributed by atoms with Gasteiger partial charge in [-0.05, 0) is 42.5 Å². The van der Waals surface area contributed by atoms with Crippen molar-refractivity contribution >= 4 is 11.7 Å². The number of amides is 1. The highest BCUT2D eigenvalue weighted by Crippen LogP contribution is 2.48. The van der Waals surface area contributed by atoms with Crippen LogP contribution in [0.3, 0.4) is 0 Å². The third-order valence-corrected chi connectivity index (χ3v) is 6.16. The number of alkyl halides is 2. The van der Waals surface area contributed by atoms with Gasteiger partial charge in [-0.25, -0.2) is 23.1 Å². The van der Waals surface area contributed by atoms with Gasteiger partial charge >= 0.3 is 0 Å². The number of nitrogens with zero attached hydrogens (tertiary/aromatic N) is 3. The maximum atomic E-state index is 14.6. The van der Waals surface area contributed by atoms with E-state index in [-0.39, 0.29) is 42.8 Å². The van der Waals surface area contributed by atoms with Crippen molar-refractivity contribution in [1.29, 1.82) is 0 Å². The molecule has 1 saturated carbocycles. The summed E-state index contributed by atoms with van der Waals surface area (Å²) in [5, 5.41) is 14.0. The molecule has 3 aromatic rings. The quantitative estimate of drug-likeness (QED) is 0.410. The molecule has 10 heteroatoms. The summed E-state index contributed by atoms with van der Waals surface area (Å²) in [5.74, 6) is -4.70. The SMILES string of the molecule is CC(C(=O)Nc1ccc(Oc2ccc(F)cn2)cn1)[C@H]1CCC(F)(F)[C@@H](c2cc[n+]([O-])cc2)C1. The predicted molar refractivity (Wildman–Crippen MR) is 117 cm³/mol. The molecule has 34 heavy (non-hydrogen) atoms. The van der Waals surface area contributed by atoms with E-state index < -0.39 is 23.6 Å². The van der Waals surface area contributed by atoms with Crippen LogP contribution in [0.5, 0.6) is 11.6 Å². The number of ether oxygens (including phenoxy) is 1. The zero-order valence-electron chi connectivity index (χ0n) is 18.3. The average molecular weight is 472 g/mol. The van der Waals surface area contributed by atoms with Crippen molar-refractivity contribution in [3.63, 3.8) is 0 Å². The van der Waals surface area contributed by atoms with Gasteiger partial charge in [0, 0.05) is 36.5 Å². The second-order valence-corrected chi connectivity index (χ2v) is 8.41. The average Bonchev–Trinajstić information content (AvgIpc) is 2.82. The highest BCUT2D eigenvalue weighted by molar-refractivity contribution is 5.91. The number of rotatable bonds is 6. The molecule has 1 aliphatic carbocycles. The fraction of sp³-hybridized carbons (Fsp3) is 0.333. The molecule has 1 unspecified atom stereocenters. The molecule has 1 fully saturated rings. The largest absolute Gasteiger partial charge is 0.619 e. The van der Waals surface area contributed by atoms with E-state index in [4.69, 9.17) is 4.74 Å². The maximum absolute atomic E-state index is 14.6. The molecular weight excluding hydrogens is 449 g/mol. The normalized spacial score (nSPS) is 20.4. The summed E-state index contributed by atoms with van der Waals surface area (Å²) >= 11 is 0. The molecule has 1 aliphatic rings. The molecule has 0 aliphatic heterocycles. The van der Waals surface area contributed by atoms with E-state index in [0.717, 1.165) is 6.20 Å². The van der Waals surface area contributed by atoms with E-state index in [1.807, 2.05) is 0 Å². The van der Waals surface area contributed by atoms with Gasteiger partial charge in [-0.2, -0.15) is 4.73 Å². The van der Waals surface area contributed by atoms with Gasteiger partial charge in [-0.15, -0.1) is 0 Å². The Labute approximate surface area is 194 Å². The minimum atomic E-state index is -2.90. The van der Waals surface area contributed by atoms with Crippen LogP contribution in [0, 0.1) is 22.9 Å². The van der Waals surface area contributed by atoms with Gasteiger partial charge in [0.25, 0.3) is 5.92 Å². The number of nitrogens with one attached hydrogen (secondary N) is 1. The van der Waals surface area contributed by atoms with E-state index >= 15 is 0 Å². The molecular formula is C24H23F3N4O3. The van der Waals surface area contributed by atoms with Gasteiger partial charge in [0.15, 0.2) is 12.4 Å². The molecule has 0 saturated heterocycles. The van der Waals surface area contributed by atoms with Crippen molar-refractivity contribution in [2.45, 2.75) is 38.0 Å². The van der Waals surface area contributed by atoms with Gasteiger partial charge in [-0.3, -0.25) is 4.79 Å². The first-order chi connectivity index (χ1) is 16.2. The van der Waals surface area contributed by atoms with Crippen LogP contribution in [0.2, 0.25) is 0 Å². The smallest absolute Gasteiger partial charge is 0.254 e. The molecule has 7 nitrogen and oxygen atoms in total. The molecule has 3 aromatic heterocycles. The van der Waals surface area contributed by atoms with Crippen molar-refractivity contribution < 1.29 is 27.4 Å². The summed E-state index contributed by atoms with van der Waals surface area (Å²) in [5.41, 5.74) is 0.391. The second kappa shape index (κ2) is 9.66. The van der Waals surface area contributed by atoms with E-state index in [1.54, 1.807) is 19.1 Å². The fourth-order valence-electron chi connectivity index (χ4n) is 4.15. The first-order valence-corrected chi connectivity index (χ1v) is 10.8. The lowest BCUT2D eigenvalue weighted by atomic mass is 9.71. The lowest BCUT2D eigenvalue weighted by Crippen LogP contribution is -2.38. The molecule has 0 radical (unpaired) electrons. The van der Waals surface area contributed by atoms with Crippen LogP contribution in [-0.2, 0) is 4.79 Å². The van der Waals surface area contributed by atoms with Gasteiger partial charge in [0.05, 0.1) is 12.4 Å². The van der Waals surface area contributed by atoms with Crippen molar-refractivity contribution in [3.8, 4) is 11.6 Å². The summed E-state index contributed by atoms with van der Waals surface area (Å²) in [6.07, 6.45) is 4.86. The molecule has 178 valence electrons. The molecule has 4 rings (SSSR count). The Morgan fingerprint density at radius 2 is 1.94 bits per heavy atom. The van der Waals surface area contributed by atoms with E-state index in [2.05, 4.69) is 15.3 Å². The highest BCUT2D eigenvalue weighted by atomic mass is 19.3. The number of anilines is 1. The predicted octanol–water partition coefficient (Wildman–Crippen LogP) is 4.84. The van der Waals surface area contributed by atoms with Crippen molar-refractivity contribution in [2.75, 3.05) is 5.32 Å². The molecule has 3 atom stereocenters. The summed E-state index contributed by atoms with van der Waals surface area (Å²) in [6.45, 7) is 1.72. The van der Waals surface area contributed by atoms with Crippen LogP contribution in [0.25, 0.3) is 0 Å². The molecule has 1 amide bonds. The van der Waals surface area contributed by atoms with Crippen molar-refractivity contribution in [1.82, 2.24) is 9.97 Å². The van der Waals surface area contributed by atoms with Crippen LogP contribution in [-0.4, -0.2) is 21.8 Å². The first kappa shape index (κ1) is 23.5. The Hall–Kier alpha value is -3.69. The van der Waals surface area contributed by atoms with Crippen LogP contribution in [0.1, 0.15) is 37.7 Å². The topological polar surface area (TPSA) is 91.0 Å². The number of carbonyl (C=O) groups is 1. The zero-order chi connectivity index (χ0) is 24.3. The van der Waals surface area contributed by atoms with Crippen molar-refractivity contribution in [3.05, 3.63) is 77.8 Å². The Morgan fingerprint density at radius 1 is 1.18 bits per heavy atom. The van der Waals surface area contributed by atoms with Gasteiger partial charge in [0.2, 0.25) is 11.8 Å². The minimum Gasteiger partial charge on any atom is -0.619 e. The van der Waals surface area contributed by atoms with Gasteiger partial charge < -0.3 is 15.3 Å². The fourth-order valence-corrected chi connectivity index (χ4v) is 4.15. The Balaban J connectivity index is 1.38. The molecule has 0 spiro atoms. The summed E-state index contributed by atoms with van der Waals surface area (Å²) in [6, 6.07) is 8.54. The number of hydrogen-bond acceptors (Lipinski definition) is 5. The van der Waals surface area contributed by atoms with Crippen LogP contribution >= 0.6 is 0 Å². The molecule has 1 N–H and O–H groups in total. The Morgan fingerprint density at radius 3 is 2.59 bits per heavy atom. The number of aromatic nitrogens is 3. The minimum absolute atomic E-state index is 0.134. The number of hydrogen-bond donors (Lipinski definition) is 1. The van der Waals surface area contributed by atoms with E-state index in [9.17, 15) is 23.2 Å². The Kier molecular flexibility index (Phi) is 6.67. The third kappa shape index (κ3) is 5.44. The summed E-state index contributed by atoms with van der Waals surface area (Å²) in [4.78, 5) is 20.7. The van der Waals surface area contributed by atoms with Crippen LogP contribution < -0.4 is 14.8 Å².